The standard InChI is InChI=1S/C15H22ClFN2/c1-10-5-6-19(9-11(10)2)15(8-18)13-4-3-12(17)7-14(13)16/h3-4,7,10-11,15H,5-6,8-9,18H2,1-2H3. The molecule has 0 amide bonds. The number of rotatable bonds is 3. The predicted molar refractivity (Wildman–Crippen MR) is 77.7 cm³/mol. The number of halogens is 2. The molecule has 106 valence electrons. The Morgan fingerprint density at radius 2 is 2.16 bits per heavy atom. The maximum Gasteiger partial charge on any atom is 0.124 e. The summed E-state index contributed by atoms with van der Waals surface area (Å²) in [4.78, 5) is 2.38. The van der Waals surface area contributed by atoms with Crippen LogP contribution in [-0.2, 0) is 0 Å². The van der Waals surface area contributed by atoms with Crippen molar-refractivity contribution in [2.24, 2.45) is 17.6 Å². The Morgan fingerprint density at radius 3 is 2.74 bits per heavy atom. The summed E-state index contributed by atoms with van der Waals surface area (Å²) in [5, 5.41) is 0.474. The molecule has 1 heterocycles. The van der Waals surface area contributed by atoms with Crippen LogP contribution in [0.25, 0.3) is 0 Å². The van der Waals surface area contributed by atoms with E-state index in [9.17, 15) is 4.39 Å². The number of benzene rings is 1. The Labute approximate surface area is 119 Å². The van der Waals surface area contributed by atoms with E-state index < -0.39 is 0 Å². The summed E-state index contributed by atoms with van der Waals surface area (Å²) in [6, 6.07) is 4.68. The molecule has 1 fully saturated rings. The van der Waals surface area contributed by atoms with Crippen molar-refractivity contribution in [2.45, 2.75) is 26.3 Å². The van der Waals surface area contributed by atoms with Crippen LogP contribution in [0.5, 0.6) is 0 Å². The third-order valence-electron chi connectivity index (χ3n) is 4.35. The van der Waals surface area contributed by atoms with Crippen LogP contribution in [0.2, 0.25) is 5.02 Å². The number of nitrogens with two attached hydrogens (primary N) is 1. The molecule has 1 aliphatic rings. The van der Waals surface area contributed by atoms with Gasteiger partial charge in [-0.25, -0.2) is 4.39 Å². The lowest BCUT2D eigenvalue weighted by molar-refractivity contribution is 0.0983. The molecule has 0 bridgehead atoms. The van der Waals surface area contributed by atoms with Crippen LogP contribution in [0.15, 0.2) is 18.2 Å². The van der Waals surface area contributed by atoms with E-state index in [2.05, 4.69) is 18.7 Å². The smallest absolute Gasteiger partial charge is 0.124 e. The number of hydrogen-bond acceptors (Lipinski definition) is 2. The molecule has 1 aromatic rings. The minimum atomic E-state index is -0.301. The van der Waals surface area contributed by atoms with E-state index in [1.165, 1.54) is 18.6 Å². The first-order chi connectivity index (χ1) is 9.02. The molecular weight excluding hydrogens is 263 g/mol. The van der Waals surface area contributed by atoms with E-state index in [4.69, 9.17) is 17.3 Å². The van der Waals surface area contributed by atoms with Gasteiger partial charge >= 0.3 is 0 Å². The molecule has 3 atom stereocenters. The van der Waals surface area contributed by atoms with Crippen LogP contribution in [0.4, 0.5) is 4.39 Å². The third-order valence-corrected chi connectivity index (χ3v) is 4.68. The van der Waals surface area contributed by atoms with Gasteiger partial charge in [-0.1, -0.05) is 31.5 Å². The van der Waals surface area contributed by atoms with Gasteiger partial charge < -0.3 is 5.73 Å². The van der Waals surface area contributed by atoms with Crippen molar-refractivity contribution in [3.8, 4) is 0 Å². The fourth-order valence-corrected chi connectivity index (χ4v) is 3.12. The molecule has 3 unspecified atom stereocenters. The summed E-state index contributed by atoms with van der Waals surface area (Å²) < 4.78 is 13.1. The van der Waals surface area contributed by atoms with Crippen molar-refractivity contribution in [2.75, 3.05) is 19.6 Å². The summed E-state index contributed by atoms with van der Waals surface area (Å²) in [5.41, 5.74) is 6.87. The summed E-state index contributed by atoms with van der Waals surface area (Å²) in [5.74, 6) is 1.10. The molecule has 1 saturated heterocycles. The molecule has 4 heteroatoms. The molecule has 1 aliphatic heterocycles. The van der Waals surface area contributed by atoms with E-state index in [0.29, 0.717) is 17.5 Å². The van der Waals surface area contributed by atoms with E-state index in [1.54, 1.807) is 6.07 Å². The van der Waals surface area contributed by atoms with Crippen LogP contribution < -0.4 is 5.73 Å². The molecule has 0 aliphatic carbocycles. The van der Waals surface area contributed by atoms with E-state index in [0.717, 1.165) is 24.6 Å². The number of hydrogen-bond donors (Lipinski definition) is 1. The molecule has 0 saturated carbocycles. The molecule has 2 nitrogen and oxygen atoms in total. The van der Waals surface area contributed by atoms with Crippen molar-refractivity contribution in [1.82, 2.24) is 4.90 Å². The normalized spacial score (nSPS) is 26.4. The lowest BCUT2D eigenvalue weighted by Crippen LogP contribution is -2.43. The van der Waals surface area contributed by atoms with Crippen molar-refractivity contribution in [3.05, 3.63) is 34.6 Å². The van der Waals surface area contributed by atoms with Gasteiger partial charge in [-0.05, 0) is 42.5 Å². The lowest BCUT2D eigenvalue weighted by atomic mass is 9.87. The third kappa shape index (κ3) is 3.28. The highest BCUT2D eigenvalue weighted by Crippen LogP contribution is 2.32. The predicted octanol–water partition coefficient (Wildman–Crippen LogP) is 3.46. The molecule has 1 aromatic carbocycles. The highest BCUT2D eigenvalue weighted by Gasteiger charge is 2.28. The van der Waals surface area contributed by atoms with E-state index >= 15 is 0 Å². The van der Waals surface area contributed by atoms with Crippen molar-refractivity contribution in [3.63, 3.8) is 0 Å². The molecular formula is C15H22ClFN2. The minimum Gasteiger partial charge on any atom is -0.329 e. The Bertz CT molecular complexity index is 438. The largest absolute Gasteiger partial charge is 0.329 e. The van der Waals surface area contributed by atoms with Crippen LogP contribution in [0, 0.1) is 17.7 Å². The average molecular weight is 285 g/mol. The van der Waals surface area contributed by atoms with Crippen LogP contribution >= 0.6 is 11.6 Å². The van der Waals surface area contributed by atoms with Crippen molar-refractivity contribution < 1.29 is 4.39 Å². The zero-order chi connectivity index (χ0) is 14.0. The van der Waals surface area contributed by atoms with Crippen LogP contribution in [0.3, 0.4) is 0 Å². The van der Waals surface area contributed by atoms with Gasteiger partial charge in [-0.3, -0.25) is 4.90 Å². The van der Waals surface area contributed by atoms with E-state index in [1.807, 2.05) is 0 Å². The Kier molecular flexibility index (Phi) is 4.82. The number of piperidine rings is 1. The van der Waals surface area contributed by atoms with Gasteiger partial charge in [0.1, 0.15) is 5.82 Å². The Hall–Kier alpha value is -0.640. The summed E-state index contributed by atoms with van der Waals surface area (Å²) in [6.45, 7) is 7.13. The SMILES string of the molecule is CC1CCN(C(CN)c2ccc(F)cc2Cl)CC1C. The first-order valence-electron chi connectivity index (χ1n) is 6.92. The van der Waals surface area contributed by atoms with E-state index in [-0.39, 0.29) is 11.9 Å². The number of likely N-dealkylation sites (tertiary alicyclic amines) is 1. The first-order valence-corrected chi connectivity index (χ1v) is 7.29. The van der Waals surface area contributed by atoms with Gasteiger partial charge in [0.15, 0.2) is 0 Å². The average Bonchev–Trinajstić information content (AvgIpc) is 2.37. The fourth-order valence-electron chi connectivity index (χ4n) is 2.82. The van der Waals surface area contributed by atoms with Gasteiger partial charge in [-0.15, -0.1) is 0 Å². The maximum absolute atomic E-state index is 13.1. The molecule has 0 radical (unpaired) electrons. The second-order valence-corrected chi connectivity index (χ2v) is 6.06. The summed E-state index contributed by atoms with van der Waals surface area (Å²) in [6.07, 6.45) is 1.18. The monoisotopic (exact) mass is 284 g/mol. The van der Waals surface area contributed by atoms with Gasteiger partial charge in [0, 0.05) is 24.2 Å². The Morgan fingerprint density at radius 1 is 1.42 bits per heavy atom. The second-order valence-electron chi connectivity index (χ2n) is 5.66. The highest BCUT2D eigenvalue weighted by atomic mass is 35.5. The molecule has 19 heavy (non-hydrogen) atoms. The molecule has 2 N–H and O–H groups in total. The minimum absolute atomic E-state index is 0.0862. The molecule has 2 rings (SSSR count). The van der Waals surface area contributed by atoms with Gasteiger partial charge in [0.25, 0.3) is 0 Å². The first kappa shape index (κ1) is 14.8. The van der Waals surface area contributed by atoms with Gasteiger partial charge in [0.05, 0.1) is 0 Å². The summed E-state index contributed by atoms with van der Waals surface area (Å²) in [7, 11) is 0. The van der Waals surface area contributed by atoms with Crippen LogP contribution in [-0.4, -0.2) is 24.5 Å². The highest BCUT2D eigenvalue weighted by molar-refractivity contribution is 6.31. The van der Waals surface area contributed by atoms with Crippen molar-refractivity contribution in [1.29, 1.82) is 0 Å². The molecule has 0 spiro atoms. The summed E-state index contributed by atoms with van der Waals surface area (Å²) >= 11 is 6.17. The van der Waals surface area contributed by atoms with Gasteiger partial charge in [0.2, 0.25) is 0 Å². The Balaban J connectivity index is 2.20. The number of nitrogens with zero attached hydrogens (tertiary/aromatic N) is 1. The van der Waals surface area contributed by atoms with Crippen molar-refractivity contribution >= 4 is 11.6 Å². The zero-order valence-corrected chi connectivity index (χ0v) is 12.3. The van der Waals surface area contributed by atoms with Crippen LogP contribution in [0.1, 0.15) is 31.9 Å². The fraction of sp³-hybridized carbons (Fsp3) is 0.600. The quantitative estimate of drug-likeness (QED) is 0.921. The topological polar surface area (TPSA) is 29.3 Å². The zero-order valence-electron chi connectivity index (χ0n) is 11.6. The van der Waals surface area contributed by atoms with Gasteiger partial charge in [-0.2, -0.15) is 0 Å². The maximum atomic E-state index is 13.1. The molecule has 0 aromatic heterocycles. The second kappa shape index (κ2) is 6.21. The lowest BCUT2D eigenvalue weighted by Gasteiger charge is -2.40.